The second-order valence-electron chi connectivity index (χ2n) is 8.82. The van der Waals surface area contributed by atoms with E-state index in [1.54, 1.807) is 6.08 Å². The molecular weight excluding hydrogens is 396 g/mol. The highest BCUT2D eigenvalue weighted by Crippen LogP contribution is 2.30. The fraction of sp³-hybridized carbons (Fsp3) is 0.680. The third-order valence-corrected chi connectivity index (χ3v) is 5.75. The normalized spacial score (nSPS) is 23.4. The second kappa shape index (κ2) is 14.2. The van der Waals surface area contributed by atoms with Crippen LogP contribution in [-0.2, 0) is 19.1 Å². The third kappa shape index (κ3) is 10.3. The number of hydrogen-bond acceptors (Lipinski definition) is 6. The molecule has 1 aliphatic heterocycles. The summed E-state index contributed by atoms with van der Waals surface area (Å²) in [5.41, 5.74) is 2.14. The van der Waals surface area contributed by atoms with Gasteiger partial charge in [-0.05, 0) is 58.3 Å². The fourth-order valence-corrected chi connectivity index (χ4v) is 4.05. The van der Waals surface area contributed by atoms with Crippen molar-refractivity contribution in [3.8, 4) is 0 Å². The number of carbonyl (C=O) groups excluding carboxylic acids is 2. The van der Waals surface area contributed by atoms with E-state index in [2.05, 4.69) is 19.9 Å². The molecule has 0 aliphatic carbocycles. The summed E-state index contributed by atoms with van der Waals surface area (Å²) < 4.78 is 11.3. The number of allylic oxidation sites excluding steroid dienone is 4. The van der Waals surface area contributed by atoms with Crippen LogP contribution < -0.4 is 0 Å². The Hall–Kier alpha value is -1.92. The molecule has 0 aromatic heterocycles. The Morgan fingerprint density at radius 1 is 1.26 bits per heavy atom. The van der Waals surface area contributed by atoms with Gasteiger partial charge in [0.2, 0.25) is 0 Å². The average molecular weight is 437 g/mol. The number of esters is 2. The lowest BCUT2D eigenvalue weighted by atomic mass is 9.85. The van der Waals surface area contributed by atoms with E-state index in [9.17, 15) is 14.7 Å². The largest absolute Gasteiger partial charge is 0.458 e. The SMILES string of the molecule is C/C=C(\C)C[C@@H](C)C[C@@H](C)[C@H]1OC(=O)CC[C@H]1OC(=O)/C=C/C(C)=C/[C@H](CO)CCO. The zero-order valence-electron chi connectivity index (χ0n) is 19.7. The summed E-state index contributed by atoms with van der Waals surface area (Å²) in [7, 11) is 0. The Kier molecular flexibility index (Phi) is 12.4. The van der Waals surface area contributed by atoms with Gasteiger partial charge in [-0.3, -0.25) is 4.79 Å². The summed E-state index contributed by atoms with van der Waals surface area (Å²) in [4.78, 5) is 24.3. The maximum Gasteiger partial charge on any atom is 0.331 e. The van der Waals surface area contributed by atoms with Gasteiger partial charge in [0.15, 0.2) is 0 Å². The van der Waals surface area contributed by atoms with Crippen molar-refractivity contribution in [1.82, 2.24) is 0 Å². The molecule has 6 nitrogen and oxygen atoms in total. The Morgan fingerprint density at radius 3 is 2.58 bits per heavy atom. The van der Waals surface area contributed by atoms with Crippen LogP contribution in [0.4, 0.5) is 0 Å². The summed E-state index contributed by atoms with van der Waals surface area (Å²) in [5.74, 6) is -0.352. The molecular formula is C25H40O6. The average Bonchev–Trinajstić information content (AvgIpc) is 2.72. The molecule has 0 saturated carbocycles. The standard InChI is InChI=1S/C25H40O6/c1-6-17(2)13-19(4)14-20(5)25-22(8-10-24(29)31-25)30-23(28)9-7-18(3)15-21(16-27)11-12-26/h6-7,9,15,19-22,25-27H,8,10-14,16H2,1-5H3/b9-7+,17-6+,18-15+/t19-,20-,21-,22-,25-/m1/s1. The molecule has 2 N–H and O–H groups in total. The highest BCUT2D eigenvalue weighted by molar-refractivity contribution is 5.82. The zero-order valence-corrected chi connectivity index (χ0v) is 19.7. The van der Waals surface area contributed by atoms with E-state index < -0.39 is 18.2 Å². The topological polar surface area (TPSA) is 93.1 Å². The van der Waals surface area contributed by atoms with Gasteiger partial charge < -0.3 is 19.7 Å². The number of aliphatic hydroxyl groups excluding tert-OH is 2. The van der Waals surface area contributed by atoms with Gasteiger partial charge in [0.25, 0.3) is 0 Å². The van der Waals surface area contributed by atoms with Crippen molar-refractivity contribution in [2.45, 2.75) is 78.9 Å². The lowest BCUT2D eigenvalue weighted by Crippen LogP contribution is -2.43. The lowest BCUT2D eigenvalue weighted by Gasteiger charge is -2.35. The molecule has 5 atom stereocenters. The summed E-state index contributed by atoms with van der Waals surface area (Å²) in [6.07, 6.45) is 9.08. The van der Waals surface area contributed by atoms with Crippen LogP contribution in [0.15, 0.2) is 35.5 Å². The van der Waals surface area contributed by atoms with Gasteiger partial charge in [-0.2, -0.15) is 0 Å². The van der Waals surface area contributed by atoms with Crippen molar-refractivity contribution in [2.24, 2.45) is 17.8 Å². The van der Waals surface area contributed by atoms with E-state index in [0.29, 0.717) is 18.8 Å². The molecule has 176 valence electrons. The molecule has 0 unspecified atom stereocenters. The van der Waals surface area contributed by atoms with Crippen molar-refractivity contribution < 1.29 is 29.3 Å². The molecule has 0 radical (unpaired) electrons. The van der Waals surface area contributed by atoms with E-state index in [0.717, 1.165) is 18.4 Å². The monoisotopic (exact) mass is 436 g/mol. The molecule has 1 fully saturated rings. The second-order valence-corrected chi connectivity index (χ2v) is 8.82. The van der Waals surface area contributed by atoms with Crippen molar-refractivity contribution >= 4 is 11.9 Å². The molecule has 0 bridgehead atoms. The maximum atomic E-state index is 12.4. The van der Waals surface area contributed by atoms with Crippen LogP contribution in [0.5, 0.6) is 0 Å². The molecule has 6 heteroatoms. The number of cyclic esters (lactones) is 1. The lowest BCUT2D eigenvalue weighted by molar-refractivity contribution is -0.180. The quantitative estimate of drug-likeness (QED) is 0.207. The summed E-state index contributed by atoms with van der Waals surface area (Å²) >= 11 is 0. The minimum Gasteiger partial charge on any atom is -0.458 e. The molecule has 31 heavy (non-hydrogen) atoms. The number of carbonyl (C=O) groups is 2. The minimum absolute atomic E-state index is 0.00630. The predicted octanol–water partition coefficient (Wildman–Crippen LogP) is 4.12. The highest BCUT2D eigenvalue weighted by atomic mass is 16.6. The van der Waals surface area contributed by atoms with Crippen LogP contribution in [0.1, 0.15) is 66.7 Å². The van der Waals surface area contributed by atoms with E-state index in [1.165, 1.54) is 11.6 Å². The molecule has 1 rings (SSSR count). The van der Waals surface area contributed by atoms with Crippen LogP contribution in [0.25, 0.3) is 0 Å². The van der Waals surface area contributed by atoms with Crippen LogP contribution in [-0.4, -0.2) is 47.6 Å². The van der Waals surface area contributed by atoms with Crippen molar-refractivity contribution in [3.05, 3.63) is 35.5 Å². The van der Waals surface area contributed by atoms with E-state index in [4.69, 9.17) is 14.6 Å². The van der Waals surface area contributed by atoms with Gasteiger partial charge >= 0.3 is 11.9 Å². The van der Waals surface area contributed by atoms with Crippen LogP contribution in [0.3, 0.4) is 0 Å². The summed E-state index contributed by atoms with van der Waals surface area (Å²) in [6, 6.07) is 0. The number of aliphatic hydroxyl groups is 2. The first kappa shape index (κ1) is 27.1. The van der Waals surface area contributed by atoms with Gasteiger partial charge in [-0.25, -0.2) is 4.79 Å². The van der Waals surface area contributed by atoms with Gasteiger partial charge in [0, 0.05) is 31.6 Å². The number of rotatable bonds is 12. The van der Waals surface area contributed by atoms with Crippen molar-refractivity contribution in [3.63, 3.8) is 0 Å². The van der Waals surface area contributed by atoms with Gasteiger partial charge in [0.1, 0.15) is 12.2 Å². The summed E-state index contributed by atoms with van der Waals surface area (Å²) in [5, 5.41) is 18.3. The first-order chi connectivity index (χ1) is 14.7. The summed E-state index contributed by atoms with van der Waals surface area (Å²) in [6.45, 7) is 10.1. The molecule has 0 aromatic carbocycles. The maximum absolute atomic E-state index is 12.4. The minimum atomic E-state index is -0.478. The van der Waals surface area contributed by atoms with Crippen LogP contribution in [0.2, 0.25) is 0 Å². The Morgan fingerprint density at radius 2 is 1.97 bits per heavy atom. The van der Waals surface area contributed by atoms with Gasteiger partial charge in [-0.15, -0.1) is 0 Å². The first-order valence-electron chi connectivity index (χ1n) is 11.3. The smallest absolute Gasteiger partial charge is 0.331 e. The van der Waals surface area contributed by atoms with Crippen LogP contribution in [0, 0.1) is 17.8 Å². The predicted molar refractivity (Wildman–Crippen MR) is 121 cm³/mol. The molecule has 1 aliphatic rings. The van der Waals surface area contributed by atoms with Crippen molar-refractivity contribution in [1.29, 1.82) is 0 Å². The zero-order chi connectivity index (χ0) is 23.4. The third-order valence-electron chi connectivity index (χ3n) is 5.75. The number of hydrogen-bond donors (Lipinski definition) is 2. The Balaban J connectivity index is 2.73. The Labute approximate surface area is 187 Å². The van der Waals surface area contributed by atoms with Gasteiger partial charge in [0.05, 0.1) is 0 Å². The highest BCUT2D eigenvalue weighted by Gasteiger charge is 2.37. The molecule has 1 saturated heterocycles. The molecule has 0 aromatic rings. The van der Waals surface area contributed by atoms with Crippen LogP contribution >= 0.6 is 0 Å². The van der Waals surface area contributed by atoms with Gasteiger partial charge in [-0.1, -0.05) is 43.2 Å². The van der Waals surface area contributed by atoms with Crippen molar-refractivity contribution in [2.75, 3.05) is 13.2 Å². The first-order valence-corrected chi connectivity index (χ1v) is 11.3. The van der Waals surface area contributed by atoms with E-state index in [1.807, 2.05) is 26.8 Å². The molecule has 0 amide bonds. The fourth-order valence-electron chi connectivity index (χ4n) is 4.05. The van der Waals surface area contributed by atoms with E-state index in [-0.39, 0.29) is 37.4 Å². The molecule has 1 heterocycles. The van der Waals surface area contributed by atoms with E-state index >= 15 is 0 Å². The Bertz CT molecular complexity index is 663. The molecule has 0 spiro atoms. The number of ether oxygens (including phenoxy) is 2.